The van der Waals surface area contributed by atoms with Crippen molar-refractivity contribution in [1.29, 1.82) is 0 Å². The Morgan fingerprint density at radius 3 is 2.48 bits per heavy atom. The minimum atomic E-state index is -0.551. The Morgan fingerprint density at radius 1 is 0.963 bits per heavy atom. The summed E-state index contributed by atoms with van der Waals surface area (Å²) in [4.78, 5) is 25.5. The molecule has 6 heteroatoms. The lowest BCUT2D eigenvalue weighted by Gasteiger charge is -2.11. The Morgan fingerprint density at radius 2 is 1.74 bits per heavy atom. The van der Waals surface area contributed by atoms with Crippen LogP contribution in [-0.4, -0.2) is 14.1 Å². The van der Waals surface area contributed by atoms with E-state index in [1.54, 1.807) is 30.7 Å². The van der Waals surface area contributed by atoms with Gasteiger partial charge in [0, 0.05) is 27.7 Å². The Labute approximate surface area is 168 Å². The first-order chi connectivity index (χ1) is 13.0. The Hall–Kier alpha value is -2.87. The fourth-order valence-electron chi connectivity index (χ4n) is 3.08. The molecule has 0 spiro atoms. The number of pyridine rings is 1. The molecular formula is C21H15IN2O3. The van der Waals surface area contributed by atoms with E-state index in [0.717, 1.165) is 9.13 Å². The Bertz CT molecular complexity index is 1260. The van der Waals surface area contributed by atoms with Gasteiger partial charge in [-0.2, -0.15) is 0 Å². The average Bonchev–Trinajstić information content (AvgIpc) is 2.67. The van der Waals surface area contributed by atoms with Gasteiger partial charge in [0.2, 0.25) is 5.43 Å². The lowest BCUT2D eigenvalue weighted by molar-refractivity contribution is 0.472. The molecule has 0 aliphatic carbocycles. The molecule has 0 aliphatic rings. The average molecular weight is 470 g/mol. The molecule has 27 heavy (non-hydrogen) atoms. The lowest BCUT2D eigenvalue weighted by Crippen LogP contribution is -2.24. The highest BCUT2D eigenvalue weighted by Crippen LogP contribution is 2.20. The van der Waals surface area contributed by atoms with E-state index in [0.29, 0.717) is 17.7 Å². The van der Waals surface area contributed by atoms with Crippen LogP contribution >= 0.6 is 22.6 Å². The van der Waals surface area contributed by atoms with Crippen molar-refractivity contribution in [2.75, 3.05) is 0 Å². The number of hydrogen-bond acceptors (Lipinski definition) is 3. The fraction of sp³-hybridized carbons (Fsp3) is 0.0476. The monoisotopic (exact) mass is 470 g/mol. The number of halogens is 1. The molecule has 2 heterocycles. The maximum absolute atomic E-state index is 12.9. The zero-order valence-corrected chi connectivity index (χ0v) is 16.3. The van der Waals surface area contributed by atoms with Gasteiger partial charge in [-0.1, -0.05) is 42.5 Å². The van der Waals surface area contributed by atoms with Crippen LogP contribution in [0.1, 0.15) is 5.56 Å². The first-order valence-electron chi connectivity index (χ1n) is 8.32. The topological polar surface area (TPSA) is 63.7 Å². The molecule has 0 saturated heterocycles. The highest BCUT2D eigenvalue weighted by Gasteiger charge is 2.15. The highest BCUT2D eigenvalue weighted by atomic mass is 127. The summed E-state index contributed by atoms with van der Waals surface area (Å²) in [6.45, 7) is 0.361. The van der Waals surface area contributed by atoms with Crippen molar-refractivity contribution >= 4 is 28.1 Å². The van der Waals surface area contributed by atoms with Crippen molar-refractivity contribution in [2.45, 2.75) is 6.54 Å². The third-order valence-electron chi connectivity index (χ3n) is 4.41. The van der Waals surface area contributed by atoms with Crippen LogP contribution < -0.4 is 11.0 Å². The maximum Gasteiger partial charge on any atom is 0.279 e. The summed E-state index contributed by atoms with van der Waals surface area (Å²) in [6, 6.07) is 16.9. The molecule has 0 fully saturated rings. The van der Waals surface area contributed by atoms with Gasteiger partial charge in [0.1, 0.15) is 0 Å². The van der Waals surface area contributed by atoms with Crippen molar-refractivity contribution in [1.82, 2.24) is 8.97 Å². The number of aromatic nitrogens is 2. The van der Waals surface area contributed by atoms with Gasteiger partial charge >= 0.3 is 0 Å². The Kier molecular flexibility index (Phi) is 4.57. The minimum absolute atomic E-state index is 0.0205. The van der Waals surface area contributed by atoms with Crippen LogP contribution in [0.4, 0.5) is 0 Å². The summed E-state index contributed by atoms with van der Waals surface area (Å²) in [7, 11) is 0. The predicted molar refractivity (Wildman–Crippen MR) is 113 cm³/mol. The lowest BCUT2D eigenvalue weighted by atomic mass is 10.1. The summed E-state index contributed by atoms with van der Waals surface area (Å²) >= 11 is 2.22. The van der Waals surface area contributed by atoms with Crippen molar-refractivity contribution < 1.29 is 5.11 Å². The second kappa shape index (κ2) is 7.03. The zero-order chi connectivity index (χ0) is 19.0. The van der Waals surface area contributed by atoms with Crippen molar-refractivity contribution in [3.05, 3.63) is 103 Å². The molecule has 5 nitrogen and oxygen atoms in total. The molecule has 134 valence electrons. The molecule has 1 N–H and O–H groups in total. The van der Waals surface area contributed by atoms with Gasteiger partial charge in [-0.05, 0) is 45.9 Å². The minimum Gasteiger partial charge on any atom is -0.503 e. The molecular weight excluding hydrogens is 455 g/mol. The second-order valence-corrected chi connectivity index (χ2v) is 7.45. The molecule has 0 amide bonds. The van der Waals surface area contributed by atoms with E-state index in [1.165, 1.54) is 8.97 Å². The van der Waals surface area contributed by atoms with E-state index >= 15 is 0 Å². The van der Waals surface area contributed by atoms with Gasteiger partial charge in [-0.3, -0.25) is 9.59 Å². The van der Waals surface area contributed by atoms with Gasteiger partial charge in [0.05, 0.1) is 6.54 Å². The summed E-state index contributed by atoms with van der Waals surface area (Å²) in [5.41, 5.74) is 1.02. The summed E-state index contributed by atoms with van der Waals surface area (Å²) < 4.78 is 4.07. The Balaban J connectivity index is 1.88. The molecule has 4 aromatic rings. The normalized spacial score (nSPS) is 11.0. The number of fused-ring (bicyclic) bond motifs is 1. The molecule has 0 bridgehead atoms. The molecule has 0 unspecified atom stereocenters. The van der Waals surface area contributed by atoms with E-state index in [2.05, 4.69) is 22.6 Å². The van der Waals surface area contributed by atoms with E-state index in [9.17, 15) is 14.7 Å². The van der Waals surface area contributed by atoms with Crippen LogP contribution in [0.15, 0.2) is 82.8 Å². The van der Waals surface area contributed by atoms with Crippen LogP contribution in [0.25, 0.3) is 16.6 Å². The fourth-order valence-corrected chi connectivity index (χ4v) is 3.69. The quantitative estimate of drug-likeness (QED) is 0.467. The van der Waals surface area contributed by atoms with Crippen LogP contribution in [-0.2, 0) is 6.54 Å². The van der Waals surface area contributed by atoms with Crippen LogP contribution in [0, 0.1) is 3.57 Å². The number of nitrogens with zero attached hydrogens (tertiary/aromatic N) is 2. The van der Waals surface area contributed by atoms with Crippen molar-refractivity contribution in [3.8, 4) is 16.9 Å². The van der Waals surface area contributed by atoms with Gasteiger partial charge in [0.25, 0.3) is 5.56 Å². The molecule has 2 aromatic carbocycles. The number of aromatic hydroxyl groups is 1. The SMILES string of the molecule is O=c1c(-c2ccccc2)cn2ccn(Cc3cccc(I)c3)c(=O)c2c1O. The molecule has 2 aromatic heterocycles. The third kappa shape index (κ3) is 3.28. The molecule has 0 atom stereocenters. The van der Waals surface area contributed by atoms with Crippen molar-refractivity contribution in [3.63, 3.8) is 0 Å². The first kappa shape index (κ1) is 17.5. The number of rotatable bonds is 3. The third-order valence-corrected chi connectivity index (χ3v) is 5.08. The van der Waals surface area contributed by atoms with Gasteiger partial charge in [0.15, 0.2) is 11.3 Å². The molecule has 0 saturated carbocycles. The van der Waals surface area contributed by atoms with Crippen LogP contribution in [0.5, 0.6) is 5.75 Å². The van der Waals surface area contributed by atoms with E-state index in [1.807, 2.05) is 42.5 Å². The van der Waals surface area contributed by atoms with E-state index in [-0.39, 0.29) is 5.52 Å². The molecule has 4 rings (SSSR count). The zero-order valence-electron chi connectivity index (χ0n) is 14.2. The summed E-state index contributed by atoms with van der Waals surface area (Å²) in [5.74, 6) is -0.529. The largest absolute Gasteiger partial charge is 0.503 e. The van der Waals surface area contributed by atoms with E-state index < -0.39 is 16.7 Å². The first-order valence-corrected chi connectivity index (χ1v) is 9.40. The molecule has 0 radical (unpaired) electrons. The van der Waals surface area contributed by atoms with Gasteiger partial charge in [-0.25, -0.2) is 0 Å². The van der Waals surface area contributed by atoms with Crippen LogP contribution in [0.3, 0.4) is 0 Å². The van der Waals surface area contributed by atoms with E-state index in [4.69, 9.17) is 0 Å². The standard InChI is InChI=1S/C21H15IN2O3/c22-16-8-4-5-14(11-16)12-24-10-9-23-13-17(15-6-2-1-3-7-15)19(25)20(26)18(23)21(24)27/h1-11,13,26H,12H2. The molecule has 0 aliphatic heterocycles. The smallest absolute Gasteiger partial charge is 0.279 e. The predicted octanol–water partition coefficient (Wildman–Crippen LogP) is 3.49. The summed E-state index contributed by atoms with van der Waals surface area (Å²) in [5, 5.41) is 10.5. The van der Waals surface area contributed by atoms with Gasteiger partial charge < -0.3 is 14.1 Å². The number of hydrogen-bond donors (Lipinski definition) is 1. The van der Waals surface area contributed by atoms with Crippen molar-refractivity contribution in [2.24, 2.45) is 0 Å². The summed E-state index contributed by atoms with van der Waals surface area (Å²) in [6.07, 6.45) is 4.92. The highest BCUT2D eigenvalue weighted by molar-refractivity contribution is 14.1. The second-order valence-electron chi connectivity index (χ2n) is 6.20. The maximum atomic E-state index is 12.9. The van der Waals surface area contributed by atoms with Gasteiger partial charge in [-0.15, -0.1) is 0 Å². The van der Waals surface area contributed by atoms with Crippen LogP contribution in [0.2, 0.25) is 0 Å². The number of benzene rings is 2.